The van der Waals surface area contributed by atoms with Gasteiger partial charge in [-0.3, -0.25) is 0 Å². The third-order valence-corrected chi connectivity index (χ3v) is 2.74. The second kappa shape index (κ2) is 7.55. The fourth-order valence-corrected chi connectivity index (χ4v) is 2.07. The molecule has 19 heavy (non-hydrogen) atoms. The van der Waals surface area contributed by atoms with Crippen molar-refractivity contribution < 1.29 is 24.1 Å². The summed E-state index contributed by atoms with van der Waals surface area (Å²) >= 11 is 0. The highest BCUT2D eigenvalue weighted by molar-refractivity contribution is 4.89. The van der Waals surface area contributed by atoms with Crippen molar-refractivity contribution in [2.45, 2.75) is 84.5 Å². The summed E-state index contributed by atoms with van der Waals surface area (Å²) in [5, 5.41) is 9.97. The maximum absolute atomic E-state index is 9.97. The maximum Gasteiger partial charge on any atom is 0.184 e. The molecule has 0 aliphatic carbocycles. The minimum atomic E-state index is -0.966. The summed E-state index contributed by atoms with van der Waals surface area (Å²) in [7, 11) is 0. The van der Waals surface area contributed by atoms with Crippen LogP contribution >= 0.6 is 0 Å². The van der Waals surface area contributed by atoms with Crippen LogP contribution in [-0.4, -0.2) is 54.6 Å². The molecule has 1 saturated heterocycles. The van der Waals surface area contributed by atoms with Crippen molar-refractivity contribution in [3.63, 3.8) is 0 Å². The van der Waals surface area contributed by atoms with Gasteiger partial charge in [-0.1, -0.05) is 0 Å². The first-order valence-corrected chi connectivity index (χ1v) is 7.07. The second-order valence-electron chi connectivity index (χ2n) is 5.75. The summed E-state index contributed by atoms with van der Waals surface area (Å²) < 4.78 is 22.7. The molecule has 1 fully saturated rings. The van der Waals surface area contributed by atoms with Crippen LogP contribution in [0.3, 0.4) is 0 Å². The predicted molar refractivity (Wildman–Crippen MR) is 72.0 cm³/mol. The fraction of sp³-hybridized carbons (Fsp3) is 1.00. The topological polar surface area (TPSA) is 57.2 Å². The molecular weight excluding hydrogens is 248 g/mol. The number of aliphatic hydroxyl groups is 1. The zero-order chi connectivity index (χ0) is 14.6. The van der Waals surface area contributed by atoms with Gasteiger partial charge in [-0.2, -0.15) is 0 Å². The highest BCUT2D eigenvalue weighted by Crippen LogP contribution is 2.27. The fourth-order valence-electron chi connectivity index (χ4n) is 2.07. The molecule has 0 radical (unpaired) electrons. The Balaban J connectivity index is 2.68. The molecule has 1 aliphatic rings. The van der Waals surface area contributed by atoms with E-state index in [9.17, 15) is 5.11 Å². The molecule has 0 aromatic heterocycles. The lowest BCUT2D eigenvalue weighted by molar-refractivity contribution is -0.161. The Morgan fingerprint density at radius 2 is 1.42 bits per heavy atom. The summed E-state index contributed by atoms with van der Waals surface area (Å²) in [5.74, 6) is 0. The molecule has 114 valence electrons. The maximum atomic E-state index is 9.97. The number of hydrogen-bond donors (Lipinski definition) is 1. The summed E-state index contributed by atoms with van der Waals surface area (Å²) in [4.78, 5) is 0. The van der Waals surface area contributed by atoms with Gasteiger partial charge in [0.05, 0.1) is 24.9 Å². The van der Waals surface area contributed by atoms with Crippen LogP contribution in [0.4, 0.5) is 0 Å². The quantitative estimate of drug-likeness (QED) is 0.767. The van der Waals surface area contributed by atoms with Gasteiger partial charge < -0.3 is 24.1 Å². The molecule has 1 unspecified atom stereocenters. The molecule has 0 aromatic rings. The lowest BCUT2D eigenvalue weighted by Gasteiger charge is -2.27. The predicted octanol–water partition coefficient (Wildman–Crippen LogP) is 1.72. The van der Waals surface area contributed by atoms with Gasteiger partial charge in [0, 0.05) is 0 Å². The zero-order valence-corrected chi connectivity index (χ0v) is 12.8. The first kappa shape index (κ1) is 16.9. The molecule has 1 aliphatic heterocycles. The van der Waals surface area contributed by atoms with Crippen molar-refractivity contribution >= 4 is 0 Å². The van der Waals surface area contributed by atoms with Crippen LogP contribution in [0.5, 0.6) is 0 Å². The average molecular weight is 276 g/mol. The lowest BCUT2D eigenvalue weighted by Crippen LogP contribution is -2.42. The van der Waals surface area contributed by atoms with Crippen molar-refractivity contribution in [3.05, 3.63) is 0 Å². The minimum Gasteiger partial charge on any atom is -0.376 e. The Hall–Kier alpha value is -0.200. The average Bonchev–Trinajstić information content (AvgIpc) is 2.53. The Kier molecular flexibility index (Phi) is 6.69. The van der Waals surface area contributed by atoms with Crippen LogP contribution in [0.2, 0.25) is 0 Å². The normalized spacial score (nSPS) is 31.9. The van der Waals surface area contributed by atoms with Crippen molar-refractivity contribution in [1.82, 2.24) is 0 Å². The van der Waals surface area contributed by atoms with Crippen LogP contribution in [0.25, 0.3) is 0 Å². The monoisotopic (exact) mass is 276 g/mol. The first-order valence-electron chi connectivity index (χ1n) is 7.07. The van der Waals surface area contributed by atoms with Gasteiger partial charge in [0.1, 0.15) is 18.3 Å². The molecule has 0 spiro atoms. The molecule has 0 bridgehead atoms. The number of ether oxygens (including phenoxy) is 4. The number of hydrogen-bond acceptors (Lipinski definition) is 5. The number of aliphatic hydroxyl groups excluding tert-OH is 1. The highest BCUT2D eigenvalue weighted by Gasteiger charge is 2.46. The van der Waals surface area contributed by atoms with E-state index in [0.717, 1.165) is 0 Å². The van der Waals surface area contributed by atoms with Gasteiger partial charge in [-0.05, 0) is 41.5 Å². The standard InChI is InChI=1S/C14H28O5/c1-8(2)16-7-11-12(17-9(3)4)13(14(15)19-11)18-10(5)6/h8-15H,7H2,1-6H3/t11-,12-,13+,14?/m1/s1. The van der Waals surface area contributed by atoms with Gasteiger partial charge in [-0.25, -0.2) is 0 Å². The Labute approximate surface area is 116 Å². The molecule has 4 atom stereocenters. The summed E-state index contributed by atoms with van der Waals surface area (Å²) in [6.07, 6.45) is -1.88. The number of rotatable bonds is 7. The Morgan fingerprint density at radius 3 is 1.89 bits per heavy atom. The van der Waals surface area contributed by atoms with Crippen molar-refractivity contribution in [2.75, 3.05) is 6.61 Å². The lowest BCUT2D eigenvalue weighted by atomic mass is 10.1. The van der Waals surface area contributed by atoms with E-state index < -0.39 is 12.4 Å². The van der Waals surface area contributed by atoms with Crippen LogP contribution in [0, 0.1) is 0 Å². The molecule has 0 saturated carbocycles. The van der Waals surface area contributed by atoms with Crippen LogP contribution < -0.4 is 0 Å². The van der Waals surface area contributed by atoms with Crippen LogP contribution in [0.15, 0.2) is 0 Å². The van der Waals surface area contributed by atoms with Gasteiger partial charge >= 0.3 is 0 Å². The van der Waals surface area contributed by atoms with Gasteiger partial charge in [0.2, 0.25) is 0 Å². The smallest absolute Gasteiger partial charge is 0.184 e. The highest BCUT2D eigenvalue weighted by atomic mass is 16.7. The first-order chi connectivity index (χ1) is 8.81. The van der Waals surface area contributed by atoms with E-state index in [1.807, 2.05) is 41.5 Å². The van der Waals surface area contributed by atoms with E-state index >= 15 is 0 Å². The summed E-state index contributed by atoms with van der Waals surface area (Å²) in [5.41, 5.74) is 0. The van der Waals surface area contributed by atoms with Gasteiger partial charge in [0.15, 0.2) is 6.29 Å². The van der Waals surface area contributed by atoms with E-state index in [-0.39, 0.29) is 30.5 Å². The SMILES string of the molecule is CC(C)OC[C@H]1OC(O)[C@@H](OC(C)C)[C@@H]1OC(C)C. The third kappa shape index (κ3) is 5.36. The van der Waals surface area contributed by atoms with E-state index in [1.54, 1.807) is 0 Å². The van der Waals surface area contributed by atoms with E-state index in [1.165, 1.54) is 0 Å². The summed E-state index contributed by atoms with van der Waals surface area (Å²) in [6, 6.07) is 0. The van der Waals surface area contributed by atoms with E-state index in [0.29, 0.717) is 6.61 Å². The van der Waals surface area contributed by atoms with Crippen LogP contribution in [-0.2, 0) is 18.9 Å². The third-order valence-electron chi connectivity index (χ3n) is 2.74. The molecule has 5 heteroatoms. The molecule has 1 N–H and O–H groups in total. The van der Waals surface area contributed by atoms with Gasteiger partial charge in [-0.15, -0.1) is 0 Å². The molecular formula is C14H28O5. The second-order valence-corrected chi connectivity index (χ2v) is 5.75. The molecule has 1 rings (SSSR count). The largest absolute Gasteiger partial charge is 0.376 e. The van der Waals surface area contributed by atoms with E-state index in [4.69, 9.17) is 18.9 Å². The Bertz CT molecular complexity index is 254. The molecule has 0 amide bonds. The van der Waals surface area contributed by atoms with Crippen molar-refractivity contribution in [1.29, 1.82) is 0 Å². The van der Waals surface area contributed by atoms with E-state index in [2.05, 4.69) is 0 Å². The molecule has 0 aromatic carbocycles. The van der Waals surface area contributed by atoms with Crippen molar-refractivity contribution in [3.8, 4) is 0 Å². The van der Waals surface area contributed by atoms with Crippen LogP contribution in [0.1, 0.15) is 41.5 Å². The molecule has 5 nitrogen and oxygen atoms in total. The Morgan fingerprint density at radius 1 is 0.895 bits per heavy atom. The van der Waals surface area contributed by atoms with Crippen molar-refractivity contribution in [2.24, 2.45) is 0 Å². The van der Waals surface area contributed by atoms with Gasteiger partial charge in [0.25, 0.3) is 0 Å². The molecule has 1 heterocycles. The minimum absolute atomic E-state index is 0.00581. The summed E-state index contributed by atoms with van der Waals surface area (Å²) in [6.45, 7) is 12.1. The zero-order valence-electron chi connectivity index (χ0n) is 12.8.